The summed E-state index contributed by atoms with van der Waals surface area (Å²) in [5, 5.41) is 13.3. The molecule has 3 N–H and O–H groups in total. The topological polar surface area (TPSA) is 95.5 Å². The molecular weight excluding hydrogens is 224 g/mol. The van der Waals surface area contributed by atoms with Crippen molar-refractivity contribution < 1.29 is 19.5 Å². The third-order valence-corrected chi connectivity index (χ3v) is 2.92. The lowest BCUT2D eigenvalue weighted by atomic mass is 9.79. The average molecular weight is 242 g/mol. The van der Waals surface area contributed by atoms with Gasteiger partial charge in [-0.1, -0.05) is 0 Å². The summed E-state index contributed by atoms with van der Waals surface area (Å²) in [4.78, 5) is 32.9. The highest BCUT2D eigenvalue weighted by Gasteiger charge is 2.33. The Morgan fingerprint density at radius 1 is 1.24 bits per heavy atom. The largest absolute Gasteiger partial charge is 0.481 e. The number of carbonyl (C=O) groups is 3. The number of rotatable bonds is 5. The van der Waals surface area contributed by atoms with E-state index in [0.29, 0.717) is 0 Å². The second-order valence-corrected chi connectivity index (χ2v) is 4.66. The lowest BCUT2D eigenvalue weighted by Crippen LogP contribution is -2.55. The molecule has 6 nitrogen and oxygen atoms in total. The van der Waals surface area contributed by atoms with E-state index in [1.54, 1.807) is 0 Å². The van der Waals surface area contributed by atoms with E-state index < -0.39 is 17.9 Å². The van der Waals surface area contributed by atoms with Gasteiger partial charge in [0.05, 0.1) is 0 Å². The van der Waals surface area contributed by atoms with Gasteiger partial charge in [0.2, 0.25) is 5.91 Å². The average Bonchev–Trinajstić information content (AvgIpc) is 2.14. The third kappa shape index (κ3) is 4.84. The highest BCUT2D eigenvalue weighted by atomic mass is 16.4. The van der Waals surface area contributed by atoms with Crippen LogP contribution in [-0.4, -0.2) is 28.6 Å². The van der Waals surface area contributed by atoms with Crippen LogP contribution in [0.4, 0.5) is 4.79 Å². The van der Waals surface area contributed by atoms with Crippen LogP contribution < -0.4 is 10.6 Å². The first-order valence-electron chi connectivity index (χ1n) is 5.75. The Morgan fingerprint density at radius 2 is 1.88 bits per heavy atom. The molecule has 0 bridgehead atoms. The standard InChI is InChI=1S/C11H18N2O4/c1-11(6-3-7-11)13-10(17)12-8(14)4-2-5-9(15)16/h2-7H2,1H3,(H,15,16)(H2,12,13,14,17). The fraction of sp³-hybridized carbons (Fsp3) is 0.727. The van der Waals surface area contributed by atoms with Gasteiger partial charge in [-0.25, -0.2) is 4.79 Å². The van der Waals surface area contributed by atoms with Crippen LogP contribution in [0.25, 0.3) is 0 Å². The van der Waals surface area contributed by atoms with E-state index in [1.165, 1.54) is 0 Å². The summed E-state index contributed by atoms with van der Waals surface area (Å²) in [6, 6.07) is -0.493. The summed E-state index contributed by atoms with van der Waals surface area (Å²) in [7, 11) is 0. The molecule has 96 valence electrons. The van der Waals surface area contributed by atoms with Gasteiger partial charge in [-0.2, -0.15) is 0 Å². The Kier molecular flexibility index (Phi) is 4.48. The maximum absolute atomic E-state index is 11.4. The molecule has 0 heterocycles. The van der Waals surface area contributed by atoms with Gasteiger partial charge in [-0.15, -0.1) is 0 Å². The molecule has 0 spiro atoms. The molecule has 0 radical (unpaired) electrons. The quantitative estimate of drug-likeness (QED) is 0.670. The first-order valence-corrected chi connectivity index (χ1v) is 5.75. The van der Waals surface area contributed by atoms with E-state index in [4.69, 9.17) is 5.11 Å². The number of aliphatic carboxylic acids is 1. The normalized spacial score (nSPS) is 16.8. The van der Waals surface area contributed by atoms with Crippen molar-refractivity contribution >= 4 is 17.9 Å². The molecule has 17 heavy (non-hydrogen) atoms. The molecule has 3 amide bonds. The summed E-state index contributed by atoms with van der Waals surface area (Å²) < 4.78 is 0. The number of amides is 3. The van der Waals surface area contributed by atoms with E-state index >= 15 is 0 Å². The zero-order chi connectivity index (χ0) is 12.9. The van der Waals surface area contributed by atoms with Gasteiger partial charge >= 0.3 is 12.0 Å². The number of hydrogen-bond donors (Lipinski definition) is 3. The van der Waals surface area contributed by atoms with Crippen LogP contribution in [0.1, 0.15) is 45.4 Å². The van der Waals surface area contributed by atoms with Crippen molar-refractivity contribution in [3.63, 3.8) is 0 Å². The molecule has 0 atom stereocenters. The van der Waals surface area contributed by atoms with Crippen LogP contribution in [0, 0.1) is 0 Å². The predicted molar refractivity (Wildman–Crippen MR) is 60.4 cm³/mol. The summed E-state index contributed by atoms with van der Waals surface area (Å²) in [6.07, 6.45) is 3.17. The molecule has 1 aliphatic carbocycles. The van der Waals surface area contributed by atoms with Crippen LogP contribution in [0.15, 0.2) is 0 Å². The molecule has 1 saturated carbocycles. The van der Waals surface area contributed by atoms with E-state index in [-0.39, 0.29) is 24.8 Å². The van der Waals surface area contributed by atoms with Gasteiger partial charge in [0.15, 0.2) is 0 Å². The van der Waals surface area contributed by atoms with Crippen molar-refractivity contribution in [1.82, 2.24) is 10.6 Å². The Hall–Kier alpha value is -1.59. The molecule has 0 aromatic carbocycles. The minimum Gasteiger partial charge on any atom is -0.481 e. The number of nitrogens with one attached hydrogen (secondary N) is 2. The Bertz CT molecular complexity index is 323. The zero-order valence-electron chi connectivity index (χ0n) is 9.91. The Morgan fingerprint density at radius 3 is 2.35 bits per heavy atom. The lowest BCUT2D eigenvalue weighted by Gasteiger charge is -2.38. The first-order chi connectivity index (χ1) is 7.91. The molecule has 1 rings (SSSR count). The number of carboxylic acid groups (broad SMARTS) is 1. The van der Waals surface area contributed by atoms with Gasteiger partial charge in [0.25, 0.3) is 0 Å². The van der Waals surface area contributed by atoms with Crippen molar-refractivity contribution in [2.75, 3.05) is 0 Å². The summed E-state index contributed by atoms with van der Waals surface area (Å²) in [6.45, 7) is 1.94. The fourth-order valence-corrected chi connectivity index (χ4v) is 1.73. The van der Waals surface area contributed by atoms with Crippen LogP contribution in [-0.2, 0) is 9.59 Å². The molecule has 0 unspecified atom stereocenters. The van der Waals surface area contributed by atoms with Gasteiger partial charge in [0, 0.05) is 18.4 Å². The van der Waals surface area contributed by atoms with Crippen LogP contribution in [0.3, 0.4) is 0 Å². The second kappa shape index (κ2) is 5.65. The zero-order valence-corrected chi connectivity index (χ0v) is 9.91. The van der Waals surface area contributed by atoms with Gasteiger partial charge in [0.1, 0.15) is 0 Å². The third-order valence-electron chi connectivity index (χ3n) is 2.92. The van der Waals surface area contributed by atoms with Crippen molar-refractivity contribution in [2.24, 2.45) is 0 Å². The number of carboxylic acids is 1. The highest BCUT2D eigenvalue weighted by Crippen LogP contribution is 2.30. The van der Waals surface area contributed by atoms with E-state index in [1.807, 2.05) is 6.92 Å². The summed E-state index contributed by atoms with van der Waals surface area (Å²) >= 11 is 0. The van der Waals surface area contributed by atoms with Gasteiger partial charge in [-0.3, -0.25) is 14.9 Å². The molecule has 1 aliphatic rings. The van der Waals surface area contributed by atoms with E-state index in [2.05, 4.69) is 10.6 Å². The molecular formula is C11H18N2O4. The highest BCUT2D eigenvalue weighted by molar-refractivity contribution is 5.94. The molecule has 6 heteroatoms. The molecule has 0 saturated heterocycles. The maximum Gasteiger partial charge on any atom is 0.321 e. The van der Waals surface area contributed by atoms with Crippen LogP contribution in [0.2, 0.25) is 0 Å². The first kappa shape index (κ1) is 13.5. The second-order valence-electron chi connectivity index (χ2n) is 4.66. The minimum absolute atomic E-state index is 0.0520. The predicted octanol–water partition coefficient (Wildman–Crippen LogP) is 1.01. The van der Waals surface area contributed by atoms with E-state index in [0.717, 1.165) is 19.3 Å². The Balaban J connectivity index is 2.17. The SMILES string of the molecule is CC1(NC(=O)NC(=O)CCCC(=O)O)CCC1. The number of hydrogen-bond acceptors (Lipinski definition) is 3. The Labute approximate surface area is 99.8 Å². The van der Waals surface area contributed by atoms with Crippen molar-refractivity contribution in [2.45, 2.75) is 51.0 Å². The molecule has 0 aliphatic heterocycles. The van der Waals surface area contributed by atoms with Crippen LogP contribution in [0.5, 0.6) is 0 Å². The van der Waals surface area contributed by atoms with Crippen molar-refractivity contribution in [3.8, 4) is 0 Å². The minimum atomic E-state index is -0.941. The smallest absolute Gasteiger partial charge is 0.321 e. The number of urea groups is 1. The summed E-state index contributed by atoms with van der Waals surface area (Å²) in [5.74, 6) is -1.38. The van der Waals surface area contributed by atoms with Gasteiger partial charge < -0.3 is 10.4 Å². The lowest BCUT2D eigenvalue weighted by molar-refractivity contribution is -0.137. The van der Waals surface area contributed by atoms with Crippen molar-refractivity contribution in [1.29, 1.82) is 0 Å². The fourth-order valence-electron chi connectivity index (χ4n) is 1.73. The monoisotopic (exact) mass is 242 g/mol. The van der Waals surface area contributed by atoms with Gasteiger partial charge in [-0.05, 0) is 32.6 Å². The van der Waals surface area contributed by atoms with Crippen molar-refractivity contribution in [3.05, 3.63) is 0 Å². The van der Waals surface area contributed by atoms with E-state index in [9.17, 15) is 14.4 Å². The molecule has 1 fully saturated rings. The maximum atomic E-state index is 11.4. The summed E-state index contributed by atoms with van der Waals surface area (Å²) in [5.41, 5.74) is -0.189. The molecule has 0 aromatic rings. The number of carbonyl (C=O) groups excluding carboxylic acids is 2. The number of imide groups is 1. The van der Waals surface area contributed by atoms with Crippen LogP contribution >= 0.6 is 0 Å². The molecule has 0 aromatic heterocycles.